The fourth-order valence-corrected chi connectivity index (χ4v) is 3.29. The summed E-state index contributed by atoms with van der Waals surface area (Å²) in [7, 11) is 0. The third kappa shape index (κ3) is 3.00. The molecule has 1 heterocycles. The summed E-state index contributed by atoms with van der Waals surface area (Å²) in [5.74, 6) is -0.140. The Balaban J connectivity index is 2.37. The third-order valence-electron chi connectivity index (χ3n) is 3.02. The summed E-state index contributed by atoms with van der Waals surface area (Å²) in [6, 6.07) is 5.07. The predicted octanol–water partition coefficient (Wildman–Crippen LogP) is 2.70. The van der Waals surface area contributed by atoms with Crippen LogP contribution in [0.5, 0.6) is 0 Å². The van der Waals surface area contributed by atoms with E-state index in [1.165, 1.54) is 4.90 Å². The summed E-state index contributed by atoms with van der Waals surface area (Å²) < 4.78 is 1.70. The number of benzene rings is 1. The van der Waals surface area contributed by atoms with E-state index in [1.54, 1.807) is 0 Å². The first-order valence-electron chi connectivity index (χ1n) is 5.96. The Morgan fingerprint density at radius 3 is 2.58 bits per heavy atom. The minimum atomic E-state index is -0.461. The van der Waals surface area contributed by atoms with Crippen molar-refractivity contribution in [3.05, 3.63) is 27.1 Å². The summed E-state index contributed by atoms with van der Waals surface area (Å²) in [5.41, 5.74) is 0.716. The largest absolute Gasteiger partial charge is 0.342 e. The summed E-state index contributed by atoms with van der Waals surface area (Å²) >= 11 is 6.80. The van der Waals surface area contributed by atoms with E-state index >= 15 is 0 Å². The maximum absolute atomic E-state index is 12.4. The second-order valence-electron chi connectivity index (χ2n) is 4.81. The maximum atomic E-state index is 12.4. The van der Waals surface area contributed by atoms with Crippen LogP contribution in [-0.4, -0.2) is 24.4 Å². The van der Waals surface area contributed by atoms with Crippen LogP contribution in [0.3, 0.4) is 0 Å². The Kier molecular flexibility index (Phi) is 4.30. The third-order valence-corrected chi connectivity index (χ3v) is 4.15. The second-order valence-corrected chi connectivity index (χ2v) is 6.58. The highest BCUT2D eigenvalue weighted by molar-refractivity contribution is 9.11. The van der Waals surface area contributed by atoms with Gasteiger partial charge in [0.05, 0.1) is 5.69 Å². The molecule has 1 aromatic carbocycles. The van der Waals surface area contributed by atoms with Gasteiger partial charge in [0.15, 0.2) is 0 Å². The van der Waals surface area contributed by atoms with Crippen LogP contribution < -0.4 is 10.2 Å². The van der Waals surface area contributed by atoms with E-state index in [1.807, 2.05) is 32.0 Å². The molecule has 2 amide bonds. The van der Waals surface area contributed by atoms with Gasteiger partial charge in [0.1, 0.15) is 12.6 Å². The Morgan fingerprint density at radius 2 is 2.00 bits per heavy atom. The van der Waals surface area contributed by atoms with Crippen LogP contribution in [0.4, 0.5) is 5.69 Å². The molecular formula is C13H14Br2N2O2. The molecule has 0 aromatic heterocycles. The van der Waals surface area contributed by atoms with Crippen molar-refractivity contribution in [1.82, 2.24) is 5.32 Å². The molecule has 0 spiro atoms. The molecule has 4 nitrogen and oxygen atoms in total. The fraction of sp³-hybridized carbons (Fsp3) is 0.385. The average molecular weight is 390 g/mol. The molecule has 6 heteroatoms. The summed E-state index contributed by atoms with van der Waals surface area (Å²) in [6.45, 7) is 3.90. The maximum Gasteiger partial charge on any atom is 0.250 e. The van der Waals surface area contributed by atoms with Crippen molar-refractivity contribution < 1.29 is 9.59 Å². The molecule has 0 bridgehead atoms. The monoisotopic (exact) mass is 388 g/mol. The first-order chi connectivity index (χ1) is 8.90. The summed E-state index contributed by atoms with van der Waals surface area (Å²) in [4.78, 5) is 25.7. The number of nitrogens with one attached hydrogen (secondary N) is 1. The molecule has 1 aliphatic rings. The van der Waals surface area contributed by atoms with Gasteiger partial charge in [0.25, 0.3) is 0 Å². The SMILES string of the molecule is CC(C)C1NC(=O)CN(c2ccc(Br)cc2Br)C1=O. The predicted molar refractivity (Wildman–Crippen MR) is 81.0 cm³/mol. The smallest absolute Gasteiger partial charge is 0.250 e. The van der Waals surface area contributed by atoms with Gasteiger partial charge in [-0.05, 0) is 40.0 Å². The van der Waals surface area contributed by atoms with Gasteiger partial charge in [-0.3, -0.25) is 9.59 Å². The number of hydrogen-bond donors (Lipinski definition) is 1. The zero-order valence-electron chi connectivity index (χ0n) is 10.6. The Hall–Kier alpha value is -0.880. The van der Waals surface area contributed by atoms with Gasteiger partial charge >= 0.3 is 0 Å². The molecule has 1 aliphatic heterocycles. The fourth-order valence-electron chi connectivity index (χ4n) is 2.03. The lowest BCUT2D eigenvalue weighted by molar-refractivity contribution is -0.132. The zero-order valence-corrected chi connectivity index (χ0v) is 13.8. The van der Waals surface area contributed by atoms with Crippen LogP contribution in [0.2, 0.25) is 0 Å². The highest BCUT2D eigenvalue weighted by atomic mass is 79.9. The summed E-state index contributed by atoms with van der Waals surface area (Å²) in [6.07, 6.45) is 0. The lowest BCUT2D eigenvalue weighted by atomic mass is 10.0. The molecule has 1 saturated heterocycles. The Bertz CT molecular complexity index is 531. The number of amides is 2. The topological polar surface area (TPSA) is 49.4 Å². The van der Waals surface area contributed by atoms with E-state index in [2.05, 4.69) is 37.2 Å². The van der Waals surface area contributed by atoms with Crippen LogP contribution in [0.15, 0.2) is 27.1 Å². The van der Waals surface area contributed by atoms with Crippen LogP contribution in [0.25, 0.3) is 0 Å². The van der Waals surface area contributed by atoms with E-state index in [0.717, 1.165) is 8.95 Å². The number of carbonyl (C=O) groups excluding carboxylic acids is 2. The van der Waals surface area contributed by atoms with E-state index in [0.29, 0.717) is 5.69 Å². The number of hydrogen-bond acceptors (Lipinski definition) is 2. The van der Waals surface area contributed by atoms with E-state index < -0.39 is 6.04 Å². The molecule has 1 fully saturated rings. The van der Waals surface area contributed by atoms with Gasteiger partial charge in [-0.1, -0.05) is 29.8 Å². The lowest BCUT2D eigenvalue weighted by Crippen LogP contribution is -2.60. The highest BCUT2D eigenvalue weighted by Crippen LogP contribution is 2.31. The van der Waals surface area contributed by atoms with E-state index in [-0.39, 0.29) is 24.3 Å². The molecule has 0 saturated carbocycles. The second kappa shape index (κ2) is 5.63. The molecular weight excluding hydrogens is 376 g/mol. The van der Waals surface area contributed by atoms with Crippen LogP contribution in [0, 0.1) is 5.92 Å². The van der Waals surface area contributed by atoms with E-state index in [9.17, 15) is 9.59 Å². The number of anilines is 1. The first-order valence-corrected chi connectivity index (χ1v) is 7.54. The normalized spacial score (nSPS) is 19.8. The lowest BCUT2D eigenvalue weighted by Gasteiger charge is -2.34. The first kappa shape index (κ1) is 14.5. The Labute approximate surface area is 128 Å². The van der Waals surface area contributed by atoms with Gasteiger partial charge in [-0.25, -0.2) is 0 Å². The minimum absolute atomic E-state index is 0.0578. The molecule has 1 atom stereocenters. The minimum Gasteiger partial charge on any atom is -0.342 e. The van der Waals surface area contributed by atoms with Gasteiger partial charge in [-0.15, -0.1) is 0 Å². The molecule has 2 rings (SSSR count). The van der Waals surface area contributed by atoms with Crippen LogP contribution >= 0.6 is 31.9 Å². The summed E-state index contributed by atoms with van der Waals surface area (Å²) in [5, 5.41) is 2.74. The molecule has 19 heavy (non-hydrogen) atoms. The number of nitrogens with zero attached hydrogens (tertiary/aromatic N) is 1. The van der Waals surface area contributed by atoms with Crippen molar-refractivity contribution in [3.8, 4) is 0 Å². The van der Waals surface area contributed by atoms with Crippen molar-refractivity contribution in [2.75, 3.05) is 11.4 Å². The van der Waals surface area contributed by atoms with Crippen molar-refractivity contribution in [2.24, 2.45) is 5.92 Å². The molecule has 1 aromatic rings. The number of carbonyl (C=O) groups is 2. The zero-order chi connectivity index (χ0) is 14.2. The van der Waals surface area contributed by atoms with Gasteiger partial charge in [0, 0.05) is 8.95 Å². The van der Waals surface area contributed by atoms with Gasteiger partial charge in [0.2, 0.25) is 11.8 Å². The van der Waals surface area contributed by atoms with Crippen LogP contribution in [-0.2, 0) is 9.59 Å². The van der Waals surface area contributed by atoms with Gasteiger partial charge < -0.3 is 10.2 Å². The molecule has 1 unspecified atom stereocenters. The number of rotatable bonds is 2. The molecule has 0 radical (unpaired) electrons. The van der Waals surface area contributed by atoms with Crippen molar-refractivity contribution >= 4 is 49.4 Å². The van der Waals surface area contributed by atoms with Crippen LogP contribution in [0.1, 0.15) is 13.8 Å². The van der Waals surface area contributed by atoms with Gasteiger partial charge in [-0.2, -0.15) is 0 Å². The van der Waals surface area contributed by atoms with Crippen molar-refractivity contribution in [1.29, 1.82) is 0 Å². The Morgan fingerprint density at radius 1 is 1.32 bits per heavy atom. The number of piperazine rings is 1. The standard InChI is InChI=1S/C13H14Br2N2O2/c1-7(2)12-13(19)17(6-11(18)16-12)10-4-3-8(14)5-9(10)15/h3-5,7,12H,6H2,1-2H3,(H,16,18). The highest BCUT2D eigenvalue weighted by Gasteiger charge is 2.35. The molecule has 1 N–H and O–H groups in total. The quantitative estimate of drug-likeness (QED) is 0.845. The molecule has 0 aliphatic carbocycles. The average Bonchev–Trinajstić information content (AvgIpc) is 2.32. The van der Waals surface area contributed by atoms with Crippen molar-refractivity contribution in [2.45, 2.75) is 19.9 Å². The van der Waals surface area contributed by atoms with Crippen molar-refractivity contribution in [3.63, 3.8) is 0 Å². The number of halogens is 2. The van der Waals surface area contributed by atoms with E-state index in [4.69, 9.17) is 0 Å². The molecule has 102 valence electrons.